The zero-order valence-corrected chi connectivity index (χ0v) is 9.84. The van der Waals surface area contributed by atoms with E-state index in [-0.39, 0.29) is 11.3 Å². The summed E-state index contributed by atoms with van der Waals surface area (Å²) in [5.41, 5.74) is -0.155. The first-order valence-corrected chi connectivity index (χ1v) is 5.14. The zero-order valence-electron chi connectivity index (χ0n) is 9.84. The van der Waals surface area contributed by atoms with Gasteiger partial charge in [0.2, 0.25) is 5.91 Å². The maximum Gasteiger partial charge on any atom is 0.405 e. The second-order valence-corrected chi connectivity index (χ2v) is 3.71. The van der Waals surface area contributed by atoms with Crippen LogP contribution in [0.2, 0.25) is 0 Å². The normalized spacial score (nSPS) is 10.9. The van der Waals surface area contributed by atoms with Crippen LogP contribution in [-0.2, 0) is 4.79 Å². The lowest BCUT2D eigenvalue weighted by Crippen LogP contribution is -2.33. The van der Waals surface area contributed by atoms with Gasteiger partial charge >= 0.3 is 6.18 Å². The third-order valence-electron chi connectivity index (χ3n) is 2.01. The van der Waals surface area contributed by atoms with E-state index in [4.69, 9.17) is 0 Å². The second-order valence-electron chi connectivity index (χ2n) is 3.71. The molecule has 2 amide bonds. The highest BCUT2D eigenvalue weighted by atomic mass is 19.4. The quantitative estimate of drug-likeness (QED) is 0.734. The lowest BCUT2D eigenvalue weighted by Gasteiger charge is -2.10. The van der Waals surface area contributed by atoms with Crippen LogP contribution in [-0.4, -0.2) is 29.6 Å². The van der Waals surface area contributed by atoms with Crippen molar-refractivity contribution in [3.63, 3.8) is 0 Å². The average molecular weight is 276 g/mol. The molecule has 5 nitrogen and oxygen atoms in total. The molecule has 0 aliphatic rings. The summed E-state index contributed by atoms with van der Waals surface area (Å²) in [6.45, 7) is -0.272. The van der Waals surface area contributed by atoms with Crippen molar-refractivity contribution < 1.29 is 27.9 Å². The maximum absolute atomic E-state index is 11.9. The van der Waals surface area contributed by atoms with Crippen molar-refractivity contribution >= 4 is 17.5 Å². The standard InChI is InChI=1S/C11H11F3N2O3/c1-6(17)16-7-2-3-9(18)8(4-7)10(19)15-5-11(12,13)14/h2-4,18H,5H2,1H3,(H,15,19)(H,16,17). The maximum atomic E-state index is 11.9. The monoisotopic (exact) mass is 276 g/mol. The summed E-state index contributed by atoms with van der Waals surface area (Å²) in [5, 5.41) is 13.4. The Bertz CT molecular complexity index is 500. The number of carbonyl (C=O) groups excluding carboxylic acids is 2. The van der Waals surface area contributed by atoms with Gasteiger partial charge in [-0.25, -0.2) is 0 Å². The van der Waals surface area contributed by atoms with E-state index >= 15 is 0 Å². The van der Waals surface area contributed by atoms with Crippen molar-refractivity contribution in [1.82, 2.24) is 5.32 Å². The minimum atomic E-state index is -4.54. The Morgan fingerprint density at radius 1 is 1.32 bits per heavy atom. The van der Waals surface area contributed by atoms with E-state index in [0.29, 0.717) is 0 Å². The molecule has 0 atom stereocenters. The van der Waals surface area contributed by atoms with E-state index in [0.717, 1.165) is 12.1 Å². The largest absolute Gasteiger partial charge is 0.507 e. The number of amides is 2. The van der Waals surface area contributed by atoms with Gasteiger partial charge in [-0.05, 0) is 18.2 Å². The molecular weight excluding hydrogens is 265 g/mol. The van der Waals surface area contributed by atoms with Crippen molar-refractivity contribution in [1.29, 1.82) is 0 Å². The highest BCUT2D eigenvalue weighted by molar-refractivity contribution is 5.99. The number of phenolic OH excluding ortho intramolecular Hbond substituents is 1. The Kier molecular flexibility index (Phi) is 4.36. The fourth-order valence-electron chi connectivity index (χ4n) is 1.27. The molecule has 0 bridgehead atoms. The molecule has 0 aliphatic heterocycles. The average Bonchev–Trinajstić information content (AvgIpc) is 2.27. The van der Waals surface area contributed by atoms with Crippen LogP contribution in [0.5, 0.6) is 5.75 Å². The number of carbonyl (C=O) groups is 2. The minimum absolute atomic E-state index is 0.197. The van der Waals surface area contributed by atoms with Crippen molar-refractivity contribution in [2.75, 3.05) is 11.9 Å². The lowest BCUT2D eigenvalue weighted by molar-refractivity contribution is -0.123. The molecule has 0 radical (unpaired) electrons. The van der Waals surface area contributed by atoms with Gasteiger partial charge in [-0.2, -0.15) is 13.2 Å². The summed E-state index contributed by atoms with van der Waals surface area (Å²) < 4.78 is 35.8. The van der Waals surface area contributed by atoms with Gasteiger partial charge in [0.1, 0.15) is 12.3 Å². The summed E-state index contributed by atoms with van der Waals surface area (Å²) in [6, 6.07) is 3.51. The molecule has 0 heterocycles. The molecule has 0 saturated heterocycles. The number of nitrogens with one attached hydrogen (secondary N) is 2. The summed E-state index contributed by atoms with van der Waals surface area (Å²) in [6.07, 6.45) is -4.54. The van der Waals surface area contributed by atoms with Crippen LogP contribution < -0.4 is 10.6 Å². The molecule has 1 aromatic carbocycles. The van der Waals surface area contributed by atoms with Crippen LogP contribution in [0.1, 0.15) is 17.3 Å². The molecule has 0 fully saturated rings. The third kappa shape index (κ3) is 4.86. The number of phenols is 1. The lowest BCUT2D eigenvalue weighted by atomic mass is 10.1. The topological polar surface area (TPSA) is 78.4 Å². The number of hydrogen-bond acceptors (Lipinski definition) is 3. The van der Waals surface area contributed by atoms with Crippen molar-refractivity contribution in [3.8, 4) is 5.75 Å². The van der Waals surface area contributed by atoms with Gasteiger partial charge in [-0.3, -0.25) is 9.59 Å². The van der Waals surface area contributed by atoms with Gasteiger partial charge in [-0.15, -0.1) is 0 Å². The van der Waals surface area contributed by atoms with E-state index in [9.17, 15) is 27.9 Å². The molecule has 1 rings (SSSR count). The van der Waals surface area contributed by atoms with Gasteiger partial charge < -0.3 is 15.7 Å². The van der Waals surface area contributed by atoms with E-state index < -0.39 is 30.3 Å². The second kappa shape index (κ2) is 5.59. The predicted molar refractivity (Wildman–Crippen MR) is 60.8 cm³/mol. The molecule has 0 spiro atoms. The molecule has 1 aromatic rings. The van der Waals surface area contributed by atoms with Gasteiger partial charge in [-0.1, -0.05) is 0 Å². The van der Waals surface area contributed by atoms with E-state index in [1.165, 1.54) is 13.0 Å². The Hall–Kier alpha value is -2.25. The predicted octanol–water partition coefficient (Wildman–Crippen LogP) is 1.64. The number of alkyl halides is 3. The fraction of sp³-hybridized carbons (Fsp3) is 0.273. The van der Waals surface area contributed by atoms with Crippen molar-refractivity contribution in [2.24, 2.45) is 0 Å². The Labute approximate surface area is 106 Å². The highest BCUT2D eigenvalue weighted by Gasteiger charge is 2.28. The van der Waals surface area contributed by atoms with E-state index in [2.05, 4.69) is 5.32 Å². The zero-order chi connectivity index (χ0) is 14.6. The SMILES string of the molecule is CC(=O)Nc1ccc(O)c(C(=O)NCC(F)(F)F)c1. The molecular formula is C11H11F3N2O3. The number of benzene rings is 1. The first-order valence-electron chi connectivity index (χ1n) is 5.14. The molecule has 104 valence electrons. The van der Waals surface area contributed by atoms with Crippen LogP contribution in [0.3, 0.4) is 0 Å². The molecule has 0 saturated carbocycles. The van der Waals surface area contributed by atoms with Gasteiger partial charge in [0.25, 0.3) is 5.91 Å². The first kappa shape index (κ1) is 14.8. The number of aromatic hydroxyl groups is 1. The Morgan fingerprint density at radius 2 is 1.95 bits per heavy atom. The van der Waals surface area contributed by atoms with E-state index in [1.54, 1.807) is 5.32 Å². The third-order valence-corrected chi connectivity index (χ3v) is 2.01. The van der Waals surface area contributed by atoms with Gasteiger partial charge in [0.15, 0.2) is 0 Å². The highest BCUT2D eigenvalue weighted by Crippen LogP contribution is 2.22. The minimum Gasteiger partial charge on any atom is -0.507 e. The first-order chi connectivity index (χ1) is 8.69. The van der Waals surface area contributed by atoms with Gasteiger partial charge in [0, 0.05) is 12.6 Å². The van der Waals surface area contributed by atoms with Crippen molar-refractivity contribution in [3.05, 3.63) is 23.8 Å². The summed E-state index contributed by atoms with van der Waals surface area (Å²) in [5.74, 6) is -1.97. The Morgan fingerprint density at radius 3 is 2.47 bits per heavy atom. The van der Waals surface area contributed by atoms with Crippen LogP contribution in [0.4, 0.5) is 18.9 Å². The number of halogens is 3. The van der Waals surface area contributed by atoms with Crippen LogP contribution in [0, 0.1) is 0 Å². The smallest absolute Gasteiger partial charge is 0.405 e. The fourth-order valence-corrected chi connectivity index (χ4v) is 1.27. The number of anilines is 1. The molecule has 0 unspecified atom stereocenters. The summed E-state index contributed by atoms with van der Waals surface area (Å²) in [7, 11) is 0. The van der Waals surface area contributed by atoms with E-state index in [1.807, 2.05) is 0 Å². The number of rotatable bonds is 3. The molecule has 0 aromatic heterocycles. The molecule has 19 heavy (non-hydrogen) atoms. The molecule has 0 aliphatic carbocycles. The Balaban J connectivity index is 2.86. The summed E-state index contributed by atoms with van der Waals surface area (Å²) >= 11 is 0. The molecule has 3 N–H and O–H groups in total. The van der Waals surface area contributed by atoms with Crippen LogP contribution >= 0.6 is 0 Å². The number of hydrogen-bond donors (Lipinski definition) is 3. The van der Waals surface area contributed by atoms with Crippen LogP contribution in [0.15, 0.2) is 18.2 Å². The van der Waals surface area contributed by atoms with Gasteiger partial charge in [0.05, 0.1) is 5.56 Å². The molecule has 8 heteroatoms. The van der Waals surface area contributed by atoms with Crippen LogP contribution in [0.25, 0.3) is 0 Å². The van der Waals surface area contributed by atoms with Crippen molar-refractivity contribution in [2.45, 2.75) is 13.1 Å². The summed E-state index contributed by atoms with van der Waals surface area (Å²) in [4.78, 5) is 22.3.